The van der Waals surface area contributed by atoms with Crippen LogP contribution in [0.25, 0.3) is 0 Å². The van der Waals surface area contributed by atoms with Gasteiger partial charge in [-0.3, -0.25) is 4.79 Å². The fourth-order valence-corrected chi connectivity index (χ4v) is 2.01. The molecule has 1 aromatic rings. The van der Waals surface area contributed by atoms with Gasteiger partial charge in [0.15, 0.2) is 0 Å². The van der Waals surface area contributed by atoms with Gasteiger partial charge in [0, 0.05) is 24.6 Å². The summed E-state index contributed by atoms with van der Waals surface area (Å²) in [5.74, 6) is 0.358. The number of hydrogen-bond acceptors (Lipinski definition) is 4. The van der Waals surface area contributed by atoms with Crippen molar-refractivity contribution in [2.75, 3.05) is 13.1 Å². The van der Waals surface area contributed by atoms with Crippen LogP contribution >= 0.6 is 0 Å². The Hall–Kier alpha value is -1.36. The summed E-state index contributed by atoms with van der Waals surface area (Å²) in [4.78, 5) is 13.7. The van der Waals surface area contributed by atoms with Crippen molar-refractivity contribution in [2.24, 2.45) is 5.92 Å². The molecule has 2 atom stereocenters. The fraction of sp³-hybridized carbons (Fsp3) is 0.636. The van der Waals surface area contributed by atoms with Gasteiger partial charge in [-0.25, -0.2) is 0 Å². The number of nitrogens with zero attached hydrogens (tertiary/aromatic N) is 2. The largest absolute Gasteiger partial charge is 0.393 e. The lowest BCUT2D eigenvalue weighted by Gasteiger charge is -2.16. The van der Waals surface area contributed by atoms with E-state index >= 15 is 0 Å². The van der Waals surface area contributed by atoms with Gasteiger partial charge in [0.05, 0.1) is 12.3 Å². The smallest absolute Gasteiger partial charge is 0.292 e. The molecule has 16 heavy (non-hydrogen) atoms. The van der Waals surface area contributed by atoms with Crippen LogP contribution in [0.15, 0.2) is 10.7 Å². The van der Waals surface area contributed by atoms with Crippen molar-refractivity contribution in [3.63, 3.8) is 0 Å². The van der Waals surface area contributed by atoms with Crippen molar-refractivity contribution < 1.29 is 14.4 Å². The summed E-state index contributed by atoms with van der Waals surface area (Å²) < 4.78 is 4.93. The Kier molecular flexibility index (Phi) is 2.96. The summed E-state index contributed by atoms with van der Waals surface area (Å²) in [5.41, 5.74) is 0.755. The first-order valence-corrected chi connectivity index (χ1v) is 5.48. The SMILES string of the molecule is Cc1cnoc1C(=O)N1CCC(C(C)O)C1. The van der Waals surface area contributed by atoms with E-state index in [1.165, 1.54) is 6.20 Å². The summed E-state index contributed by atoms with van der Waals surface area (Å²) in [6.07, 6.45) is 2.01. The van der Waals surface area contributed by atoms with Crippen LogP contribution in [0.4, 0.5) is 0 Å². The van der Waals surface area contributed by atoms with Gasteiger partial charge in [0.2, 0.25) is 5.76 Å². The van der Waals surface area contributed by atoms with Crippen LogP contribution in [-0.2, 0) is 0 Å². The van der Waals surface area contributed by atoms with Gasteiger partial charge in [0.1, 0.15) is 0 Å². The molecule has 1 aliphatic rings. The minimum Gasteiger partial charge on any atom is -0.393 e. The summed E-state index contributed by atoms with van der Waals surface area (Å²) in [7, 11) is 0. The van der Waals surface area contributed by atoms with Crippen molar-refractivity contribution in [3.8, 4) is 0 Å². The summed E-state index contributed by atoms with van der Waals surface area (Å²) in [5, 5.41) is 13.1. The lowest BCUT2D eigenvalue weighted by molar-refractivity contribution is 0.0721. The van der Waals surface area contributed by atoms with Gasteiger partial charge in [-0.15, -0.1) is 0 Å². The van der Waals surface area contributed by atoms with Gasteiger partial charge in [-0.2, -0.15) is 0 Å². The Morgan fingerprint density at radius 1 is 1.75 bits per heavy atom. The van der Waals surface area contributed by atoms with Crippen molar-refractivity contribution in [3.05, 3.63) is 17.5 Å². The quantitative estimate of drug-likeness (QED) is 0.807. The molecule has 0 aromatic carbocycles. The second-order valence-corrected chi connectivity index (χ2v) is 4.38. The third kappa shape index (κ3) is 1.95. The predicted molar refractivity (Wildman–Crippen MR) is 56.9 cm³/mol. The number of carbonyl (C=O) groups is 1. The molecule has 1 N–H and O–H groups in total. The molecule has 1 aliphatic heterocycles. The van der Waals surface area contributed by atoms with E-state index < -0.39 is 0 Å². The zero-order valence-electron chi connectivity index (χ0n) is 9.51. The first-order valence-electron chi connectivity index (χ1n) is 5.48. The maximum Gasteiger partial charge on any atom is 0.292 e. The Balaban J connectivity index is 2.05. The zero-order chi connectivity index (χ0) is 11.7. The van der Waals surface area contributed by atoms with Crippen LogP contribution in [0, 0.1) is 12.8 Å². The van der Waals surface area contributed by atoms with Gasteiger partial charge >= 0.3 is 0 Å². The minimum absolute atomic E-state index is 0.127. The van der Waals surface area contributed by atoms with Crippen LogP contribution in [0.2, 0.25) is 0 Å². The average molecular weight is 224 g/mol. The van der Waals surface area contributed by atoms with E-state index in [1.807, 2.05) is 0 Å². The number of aromatic nitrogens is 1. The number of aliphatic hydroxyl groups excluding tert-OH is 1. The third-order valence-corrected chi connectivity index (χ3v) is 3.14. The molecule has 88 valence electrons. The molecular weight excluding hydrogens is 208 g/mol. The number of rotatable bonds is 2. The number of aliphatic hydroxyl groups is 1. The molecule has 1 fully saturated rings. The molecule has 2 rings (SSSR count). The highest BCUT2D eigenvalue weighted by Crippen LogP contribution is 2.22. The number of likely N-dealkylation sites (tertiary alicyclic amines) is 1. The van der Waals surface area contributed by atoms with Crippen LogP contribution in [0.5, 0.6) is 0 Å². The van der Waals surface area contributed by atoms with Crippen LogP contribution in [0.1, 0.15) is 29.5 Å². The molecular formula is C11H16N2O3. The lowest BCUT2D eigenvalue weighted by atomic mass is 10.0. The fourth-order valence-electron chi connectivity index (χ4n) is 2.01. The maximum absolute atomic E-state index is 12.0. The topological polar surface area (TPSA) is 66.6 Å². The Labute approximate surface area is 94.0 Å². The highest BCUT2D eigenvalue weighted by molar-refractivity contribution is 5.92. The first-order chi connectivity index (χ1) is 7.59. The molecule has 1 amide bonds. The van der Waals surface area contributed by atoms with E-state index in [-0.39, 0.29) is 17.9 Å². The maximum atomic E-state index is 12.0. The third-order valence-electron chi connectivity index (χ3n) is 3.14. The molecule has 0 bridgehead atoms. The first kappa shape index (κ1) is 11.1. The molecule has 0 saturated carbocycles. The average Bonchev–Trinajstić information content (AvgIpc) is 2.84. The van der Waals surface area contributed by atoms with Crippen molar-refractivity contribution in [1.82, 2.24) is 10.1 Å². The number of hydrogen-bond donors (Lipinski definition) is 1. The summed E-state index contributed by atoms with van der Waals surface area (Å²) in [6, 6.07) is 0. The molecule has 2 unspecified atom stereocenters. The van der Waals surface area contributed by atoms with Crippen molar-refractivity contribution in [1.29, 1.82) is 0 Å². The number of carbonyl (C=O) groups excluding carboxylic acids is 1. The van der Waals surface area contributed by atoms with Crippen LogP contribution < -0.4 is 0 Å². The standard InChI is InChI=1S/C11H16N2O3/c1-7-5-12-16-10(7)11(15)13-4-3-9(6-13)8(2)14/h5,8-9,14H,3-4,6H2,1-2H3. The van der Waals surface area contributed by atoms with Crippen molar-refractivity contribution >= 4 is 5.91 Å². The highest BCUT2D eigenvalue weighted by atomic mass is 16.5. The molecule has 0 aliphatic carbocycles. The van der Waals surface area contributed by atoms with E-state index in [4.69, 9.17) is 4.52 Å². The molecule has 5 nitrogen and oxygen atoms in total. The molecule has 0 radical (unpaired) electrons. The lowest BCUT2D eigenvalue weighted by Crippen LogP contribution is -2.30. The van der Waals surface area contributed by atoms with E-state index in [0.29, 0.717) is 18.8 Å². The van der Waals surface area contributed by atoms with Gasteiger partial charge < -0.3 is 14.5 Å². The van der Waals surface area contributed by atoms with Crippen LogP contribution in [0.3, 0.4) is 0 Å². The molecule has 1 saturated heterocycles. The second-order valence-electron chi connectivity index (χ2n) is 4.38. The minimum atomic E-state index is -0.367. The number of amides is 1. The van der Waals surface area contributed by atoms with E-state index in [1.54, 1.807) is 18.7 Å². The zero-order valence-corrected chi connectivity index (χ0v) is 9.51. The normalized spacial score (nSPS) is 22.4. The van der Waals surface area contributed by atoms with Crippen molar-refractivity contribution in [2.45, 2.75) is 26.4 Å². The predicted octanol–water partition coefficient (Wildman–Crippen LogP) is 0.826. The van der Waals surface area contributed by atoms with E-state index in [2.05, 4.69) is 5.16 Å². The monoisotopic (exact) mass is 224 g/mol. The Bertz CT molecular complexity index is 386. The molecule has 1 aromatic heterocycles. The Morgan fingerprint density at radius 2 is 2.50 bits per heavy atom. The summed E-state index contributed by atoms with van der Waals surface area (Å²) in [6.45, 7) is 4.83. The van der Waals surface area contributed by atoms with E-state index in [9.17, 15) is 9.90 Å². The molecule has 0 spiro atoms. The summed E-state index contributed by atoms with van der Waals surface area (Å²) >= 11 is 0. The Morgan fingerprint density at radius 3 is 3.00 bits per heavy atom. The van der Waals surface area contributed by atoms with Gasteiger partial charge in [-0.05, 0) is 20.3 Å². The van der Waals surface area contributed by atoms with Gasteiger partial charge in [0.25, 0.3) is 5.91 Å². The molecule has 5 heteroatoms. The molecule has 2 heterocycles. The highest BCUT2D eigenvalue weighted by Gasteiger charge is 2.31. The van der Waals surface area contributed by atoms with E-state index in [0.717, 1.165) is 12.0 Å². The number of aryl methyl sites for hydroxylation is 1. The van der Waals surface area contributed by atoms with Gasteiger partial charge in [-0.1, -0.05) is 5.16 Å². The van der Waals surface area contributed by atoms with Crippen LogP contribution in [-0.4, -0.2) is 40.3 Å². The second kappa shape index (κ2) is 4.25.